The number of hydrogen-bond donors (Lipinski definition) is 2. The van der Waals surface area contributed by atoms with Gasteiger partial charge in [0.05, 0.1) is 24.2 Å². The van der Waals surface area contributed by atoms with Gasteiger partial charge in [-0.25, -0.2) is 4.98 Å². The summed E-state index contributed by atoms with van der Waals surface area (Å²) in [5, 5.41) is 14.7. The van der Waals surface area contributed by atoms with Gasteiger partial charge in [-0.05, 0) is 12.1 Å². The maximum Gasteiger partial charge on any atom is 0.304 e. The summed E-state index contributed by atoms with van der Waals surface area (Å²) in [5.41, 5.74) is 1.90. The first-order valence-corrected chi connectivity index (χ1v) is 7.59. The van der Waals surface area contributed by atoms with E-state index in [-0.39, 0.29) is 6.42 Å². The Balaban J connectivity index is 1.91. The Morgan fingerprint density at radius 2 is 2.19 bits per heavy atom. The molecule has 112 valence electrons. The lowest BCUT2D eigenvalue weighted by atomic mass is 10.1. The summed E-state index contributed by atoms with van der Waals surface area (Å²) < 4.78 is 5.34. The molecule has 0 fully saturated rings. The van der Waals surface area contributed by atoms with Gasteiger partial charge in [0.25, 0.3) is 0 Å². The summed E-state index contributed by atoms with van der Waals surface area (Å²) in [6, 6.07) is 7.80. The number of nitrogens with zero attached hydrogens (tertiary/aromatic N) is 1. The molecule has 2 N–H and O–H groups in total. The molecule has 0 spiro atoms. The maximum atomic E-state index is 10.4. The zero-order chi connectivity index (χ0) is 15.1. The molecule has 1 heterocycles. The molecule has 0 aliphatic carbocycles. The highest BCUT2D eigenvalue weighted by Gasteiger charge is 2.09. The highest BCUT2D eigenvalue weighted by atomic mass is 32.1. The molecule has 0 radical (unpaired) electrons. The largest absolute Gasteiger partial charge is 0.496 e. The average Bonchev–Trinajstić information content (AvgIpc) is 2.95. The van der Waals surface area contributed by atoms with E-state index >= 15 is 0 Å². The highest BCUT2D eigenvalue weighted by Crippen LogP contribution is 2.30. The summed E-state index contributed by atoms with van der Waals surface area (Å²) in [7, 11) is 1.65. The summed E-state index contributed by atoms with van der Waals surface area (Å²) in [6.45, 7) is 1.21. The van der Waals surface area contributed by atoms with Gasteiger partial charge in [0.15, 0.2) is 0 Å². The van der Waals surface area contributed by atoms with E-state index in [2.05, 4.69) is 10.3 Å². The minimum absolute atomic E-state index is 0.143. The number of hydrogen-bond acceptors (Lipinski definition) is 5. The molecule has 6 heteroatoms. The van der Waals surface area contributed by atoms with Gasteiger partial charge in [-0.2, -0.15) is 0 Å². The molecule has 0 saturated carbocycles. The van der Waals surface area contributed by atoms with Crippen LogP contribution in [0.5, 0.6) is 5.75 Å². The van der Waals surface area contributed by atoms with Crippen molar-refractivity contribution in [2.75, 3.05) is 20.2 Å². The van der Waals surface area contributed by atoms with Crippen LogP contribution < -0.4 is 10.1 Å². The Kier molecular flexibility index (Phi) is 5.71. The van der Waals surface area contributed by atoms with Crippen LogP contribution in [0.15, 0.2) is 29.6 Å². The van der Waals surface area contributed by atoms with E-state index < -0.39 is 5.97 Å². The van der Waals surface area contributed by atoms with Gasteiger partial charge >= 0.3 is 5.97 Å². The number of benzene rings is 1. The normalized spacial score (nSPS) is 10.5. The van der Waals surface area contributed by atoms with Gasteiger partial charge in [-0.1, -0.05) is 12.1 Å². The van der Waals surface area contributed by atoms with Crippen LogP contribution in [0.3, 0.4) is 0 Å². The monoisotopic (exact) mass is 306 g/mol. The SMILES string of the molecule is COc1ccccc1-c1csc(CCNCCC(=O)O)n1. The first-order valence-electron chi connectivity index (χ1n) is 6.71. The molecule has 0 saturated heterocycles. The number of aromatic nitrogens is 1. The summed E-state index contributed by atoms with van der Waals surface area (Å²) in [4.78, 5) is 15.0. The minimum atomic E-state index is -0.782. The highest BCUT2D eigenvalue weighted by molar-refractivity contribution is 7.09. The molecule has 0 unspecified atom stereocenters. The lowest BCUT2D eigenvalue weighted by molar-refractivity contribution is -0.136. The van der Waals surface area contributed by atoms with Crippen LogP contribution in [0.1, 0.15) is 11.4 Å². The van der Waals surface area contributed by atoms with Crippen LogP contribution >= 0.6 is 11.3 Å². The number of methoxy groups -OCH3 is 1. The minimum Gasteiger partial charge on any atom is -0.496 e. The van der Waals surface area contributed by atoms with Crippen molar-refractivity contribution in [2.45, 2.75) is 12.8 Å². The molecule has 0 aliphatic heterocycles. The molecule has 0 amide bonds. The molecule has 2 rings (SSSR count). The Bertz CT molecular complexity index is 598. The second-order valence-corrected chi connectivity index (χ2v) is 5.41. The molecular weight excluding hydrogens is 288 g/mol. The predicted molar refractivity (Wildman–Crippen MR) is 82.9 cm³/mol. The first-order chi connectivity index (χ1) is 10.2. The Hall–Kier alpha value is -1.92. The van der Waals surface area contributed by atoms with E-state index in [1.807, 2.05) is 29.6 Å². The molecule has 0 atom stereocenters. The number of carboxylic acid groups (broad SMARTS) is 1. The molecule has 0 aliphatic rings. The molecule has 1 aromatic carbocycles. The van der Waals surface area contributed by atoms with Crippen molar-refractivity contribution in [1.29, 1.82) is 0 Å². The topological polar surface area (TPSA) is 71.5 Å². The number of rotatable bonds is 8. The standard InChI is InChI=1S/C15H18N2O3S/c1-20-13-5-3-2-4-11(13)12-10-21-14(17-12)6-8-16-9-7-15(18)19/h2-5,10,16H,6-9H2,1H3,(H,18,19). The Morgan fingerprint density at radius 1 is 1.38 bits per heavy atom. The fourth-order valence-corrected chi connectivity index (χ4v) is 2.72. The van der Waals surface area contributed by atoms with Crippen molar-refractivity contribution >= 4 is 17.3 Å². The second-order valence-electron chi connectivity index (χ2n) is 4.47. The van der Waals surface area contributed by atoms with Gasteiger partial charge in [0, 0.05) is 30.5 Å². The van der Waals surface area contributed by atoms with Crippen LogP contribution in [0.25, 0.3) is 11.3 Å². The van der Waals surface area contributed by atoms with Gasteiger partial charge < -0.3 is 15.2 Å². The van der Waals surface area contributed by atoms with E-state index in [0.717, 1.165) is 35.0 Å². The number of thiazole rings is 1. The zero-order valence-corrected chi connectivity index (χ0v) is 12.7. The van der Waals surface area contributed by atoms with E-state index in [0.29, 0.717) is 6.54 Å². The molecule has 0 bridgehead atoms. The number of nitrogens with one attached hydrogen (secondary N) is 1. The van der Waals surface area contributed by atoms with Crippen molar-refractivity contribution in [3.05, 3.63) is 34.7 Å². The lowest BCUT2D eigenvalue weighted by Crippen LogP contribution is -2.20. The van der Waals surface area contributed by atoms with Crippen LogP contribution in [-0.2, 0) is 11.2 Å². The second kappa shape index (κ2) is 7.75. The number of aliphatic carboxylic acids is 1. The van der Waals surface area contributed by atoms with E-state index in [9.17, 15) is 4.79 Å². The summed E-state index contributed by atoms with van der Waals surface area (Å²) in [6.07, 6.45) is 0.934. The fraction of sp³-hybridized carbons (Fsp3) is 0.333. The zero-order valence-electron chi connectivity index (χ0n) is 11.8. The Labute approximate surface area is 127 Å². The third-order valence-electron chi connectivity index (χ3n) is 2.97. The van der Waals surface area contributed by atoms with Crippen LogP contribution in [0.2, 0.25) is 0 Å². The van der Waals surface area contributed by atoms with Crippen molar-refractivity contribution < 1.29 is 14.6 Å². The van der Waals surface area contributed by atoms with Gasteiger partial charge in [-0.3, -0.25) is 4.79 Å². The number of carbonyl (C=O) groups is 1. The van der Waals surface area contributed by atoms with E-state index in [1.165, 1.54) is 0 Å². The molecule has 1 aromatic heterocycles. The fourth-order valence-electron chi connectivity index (χ4n) is 1.92. The molecule has 5 nitrogen and oxygen atoms in total. The quantitative estimate of drug-likeness (QED) is 0.733. The predicted octanol–water partition coefficient (Wildman–Crippen LogP) is 2.43. The molecule has 21 heavy (non-hydrogen) atoms. The first kappa shape index (κ1) is 15.5. The van der Waals surface area contributed by atoms with E-state index in [4.69, 9.17) is 9.84 Å². The summed E-state index contributed by atoms with van der Waals surface area (Å²) >= 11 is 1.60. The number of ether oxygens (including phenoxy) is 1. The van der Waals surface area contributed by atoms with Crippen LogP contribution in [0.4, 0.5) is 0 Å². The average molecular weight is 306 g/mol. The van der Waals surface area contributed by atoms with Crippen molar-refractivity contribution in [1.82, 2.24) is 10.3 Å². The number of carboxylic acids is 1. The maximum absolute atomic E-state index is 10.4. The van der Waals surface area contributed by atoms with E-state index in [1.54, 1.807) is 18.4 Å². The van der Waals surface area contributed by atoms with Crippen molar-refractivity contribution in [2.24, 2.45) is 0 Å². The van der Waals surface area contributed by atoms with Gasteiger partial charge in [0.1, 0.15) is 5.75 Å². The van der Waals surface area contributed by atoms with Crippen LogP contribution in [-0.4, -0.2) is 36.3 Å². The molecule has 2 aromatic rings. The Morgan fingerprint density at radius 3 is 2.95 bits per heavy atom. The molecular formula is C15H18N2O3S. The number of para-hydroxylation sites is 1. The third-order valence-corrected chi connectivity index (χ3v) is 3.87. The van der Waals surface area contributed by atoms with Crippen molar-refractivity contribution in [3.63, 3.8) is 0 Å². The third kappa shape index (κ3) is 4.54. The van der Waals surface area contributed by atoms with Gasteiger partial charge in [-0.15, -0.1) is 11.3 Å². The van der Waals surface area contributed by atoms with Crippen molar-refractivity contribution in [3.8, 4) is 17.0 Å². The lowest BCUT2D eigenvalue weighted by Gasteiger charge is -2.05. The van der Waals surface area contributed by atoms with Gasteiger partial charge in [0.2, 0.25) is 0 Å². The summed E-state index contributed by atoms with van der Waals surface area (Å²) in [5.74, 6) is 0.0316. The van der Waals surface area contributed by atoms with Crippen LogP contribution in [0, 0.1) is 0 Å². The smallest absolute Gasteiger partial charge is 0.304 e.